The van der Waals surface area contributed by atoms with Gasteiger partial charge in [0, 0.05) is 10.1 Å². The number of ether oxygens (including phenoxy) is 2. The predicted octanol–water partition coefficient (Wildman–Crippen LogP) is 4.56. The normalized spacial score (nSPS) is 10.7. The van der Waals surface area contributed by atoms with Gasteiger partial charge in [0.05, 0.1) is 12.1 Å². The van der Waals surface area contributed by atoms with E-state index in [-0.39, 0.29) is 6.61 Å². The summed E-state index contributed by atoms with van der Waals surface area (Å²) in [4.78, 5) is 24.8. The lowest BCUT2D eigenvalue weighted by molar-refractivity contribution is -0.123. The molecule has 8 heteroatoms. The fraction of sp³-hybridized carbons (Fsp3) is 0.0909. The van der Waals surface area contributed by atoms with Crippen molar-refractivity contribution in [3.8, 4) is 11.5 Å². The van der Waals surface area contributed by atoms with Crippen LogP contribution in [0.15, 0.2) is 60.7 Å². The molecule has 2 N–H and O–H groups in total. The Hall–Kier alpha value is -3.29. The number of fused-ring (bicyclic) bond motifs is 2. The van der Waals surface area contributed by atoms with Crippen molar-refractivity contribution in [2.75, 3.05) is 13.7 Å². The van der Waals surface area contributed by atoms with Crippen molar-refractivity contribution in [2.24, 2.45) is 0 Å². The summed E-state index contributed by atoms with van der Waals surface area (Å²) in [6, 6.07) is 18.8. The van der Waals surface area contributed by atoms with Crippen LogP contribution in [0.25, 0.3) is 20.9 Å². The molecule has 0 radical (unpaired) electrons. The first kappa shape index (κ1) is 20.0. The van der Waals surface area contributed by atoms with Gasteiger partial charge in [-0.2, -0.15) is 0 Å². The van der Waals surface area contributed by atoms with Gasteiger partial charge < -0.3 is 9.47 Å². The summed E-state index contributed by atoms with van der Waals surface area (Å²) in [5, 5.41) is 3.18. The fourth-order valence-corrected chi connectivity index (χ4v) is 4.38. The summed E-state index contributed by atoms with van der Waals surface area (Å²) in [6.45, 7) is -0.240. The zero-order valence-electron chi connectivity index (χ0n) is 15.9. The van der Waals surface area contributed by atoms with E-state index in [9.17, 15) is 9.59 Å². The van der Waals surface area contributed by atoms with Gasteiger partial charge in [-0.05, 0) is 41.1 Å². The van der Waals surface area contributed by atoms with Crippen LogP contribution in [-0.4, -0.2) is 25.5 Å². The molecule has 0 bridgehead atoms. The van der Waals surface area contributed by atoms with Crippen LogP contribution < -0.4 is 20.3 Å². The second-order valence-electron chi connectivity index (χ2n) is 6.41. The topological polar surface area (TPSA) is 76.7 Å². The number of rotatable bonds is 5. The summed E-state index contributed by atoms with van der Waals surface area (Å²) < 4.78 is 11.5. The number of hydrazine groups is 1. The number of halogens is 1. The highest BCUT2D eigenvalue weighted by atomic mass is 35.5. The van der Waals surface area contributed by atoms with Crippen molar-refractivity contribution in [2.45, 2.75) is 0 Å². The highest BCUT2D eigenvalue weighted by molar-refractivity contribution is 7.21. The maximum absolute atomic E-state index is 12.4. The number of amides is 2. The average Bonchev–Trinajstić information content (AvgIpc) is 3.11. The van der Waals surface area contributed by atoms with Crippen LogP contribution in [0.1, 0.15) is 9.67 Å². The molecular formula is C22H17ClN2O4S. The number of carbonyl (C=O) groups excluding carboxylic acids is 2. The Bertz CT molecular complexity index is 1250. The van der Waals surface area contributed by atoms with Crippen molar-refractivity contribution in [1.29, 1.82) is 0 Å². The van der Waals surface area contributed by atoms with Gasteiger partial charge in [-0.3, -0.25) is 20.4 Å². The summed E-state index contributed by atoms with van der Waals surface area (Å²) >= 11 is 7.54. The van der Waals surface area contributed by atoms with Crippen LogP contribution in [0.5, 0.6) is 11.5 Å². The van der Waals surface area contributed by atoms with E-state index >= 15 is 0 Å². The van der Waals surface area contributed by atoms with E-state index in [1.54, 1.807) is 31.4 Å². The summed E-state index contributed by atoms with van der Waals surface area (Å²) in [7, 11) is 1.57. The third-order valence-electron chi connectivity index (χ3n) is 4.45. The van der Waals surface area contributed by atoms with Crippen LogP contribution in [0.4, 0.5) is 0 Å². The Labute approximate surface area is 181 Å². The van der Waals surface area contributed by atoms with Crippen LogP contribution in [0.2, 0.25) is 5.02 Å². The summed E-state index contributed by atoms with van der Waals surface area (Å²) in [5.74, 6) is 0.248. The second kappa shape index (κ2) is 8.61. The quantitative estimate of drug-likeness (QED) is 0.446. The first-order valence-corrected chi connectivity index (χ1v) is 10.2. The van der Waals surface area contributed by atoms with Gasteiger partial charge in [-0.15, -0.1) is 11.3 Å². The number of nitrogens with one attached hydrogen (secondary N) is 2. The Morgan fingerprint density at radius 2 is 1.73 bits per heavy atom. The van der Waals surface area contributed by atoms with Crippen molar-refractivity contribution in [3.05, 3.63) is 70.6 Å². The van der Waals surface area contributed by atoms with Crippen LogP contribution >= 0.6 is 22.9 Å². The molecule has 0 aliphatic rings. The van der Waals surface area contributed by atoms with Crippen LogP contribution in [0.3, 0.4) is 0 Å². The monoisotopic (exact) mass is 440 g/mol. The van der Waals surface area contributed by atoms with Gasteiger partial charge in [0.2, 0.25) is 0 Å². The number of benzene rings is 3. The third-order valence-corrected chi connectivity index (χ3v) is 6.11. The highest BCUT2D eigenvalue weighted by Gasteiger charge is 2.18. The maximum Gasteiger partial charge on any atom is 0.281 e. The Kier molecular flexibility index (Phi) is 5.74. The first-order chi connectivity index (χ1) is 14.5. The SMILES string of the molecule is COc1ccc2c(Cl)c(C(=O)NNC(=O)COc3ccc4ccccc4c3)sc2c1. The number of hydrogen-bond donors (Lipinski definition) is 2. The van der Waals surface area contributed by atoms with E-state index in [0.29, 0.717) is 21.4 Å². The molecule has 6 nitrogen and oxygen atoms in total. The molecule has 0 atom stereocenters. The predicted molar refractivity (Wildman–Crippen MR) is 118 cm³/mol. The molecule has 0 aliphatic carbocycles. The van der Waals surface area contributed by atoms with Crippen molar-refractivity contribution < 1.29 is 19.1 Å². The number of thiophene rings is 1. The Morgan fingerprint density at radius 3 is 2.53 bits per heavy atom. The Balaban J connectivity index is 1.35. The van der Waals surface area contributed by atoms with E-state index < -0.39 is 11.8 Å². The molecule has 1 heterocycles. The zero-order chi connectivity index (χ0) is 21.1. The molecule has 0 fully saturated rings. The average molecular weight is 441 g/mol. The minimum absolute atomic E-state index is 0.240. The molecule has 1 aromatic heterocycles. The highest BCUT2D eigenvalue weighted by Crippen LogP contribution is 2.37. The molecule has 0 unspecified atom stereocenters. The number of methoxy groups -OCH3 is 1. The smallest absolute Gasteiger partial charge is 0.281 e. The molecule has 152 valence electrons. The van der Waals surface area contributed by atoms with Gasteiger partial charge in [0.25, 0.3) is 11.8 Å². The molecule has 3 aromatic carbocycles. The van der Waals surface area contributed by atoms with E-state index in [2.05, 4.69) is 10.9 Å². The van der Waals surface area contributed by atoms with Crippen molar-refractivity contribution >= 4 is 55.6 Å². The zero-order valence-corrected chi connectivity index (χ0v) is 17.5. The maximum atomic E-state index is 12.4. The first-order valence-electron chi connectivity index (χ1n) is 9.02. The lowest BCUT2D eigenvalue weighted by Crippen LogP contribution is -2.43. The molecule has 0 saturated carbocycles. The molecule has 4 rings (SSSR count). The van der Waals surface area contributed by atoms with E-state index in [4.69, 9.17) is 21.1 Å². The lowest BCUT2D eigenvalue weighted by atomic mass is 10.1. The van der Waals surface area contributed by atoms with Crippen molar-refractivity contribution in [1.82, 2.24) is 10.9 Å². The minimum Gasteiger partial charge on any atom is -0.497 e. The van der Waals surface area contributed by atoms with Gasteiger partial charge in [0.15, 0.2) is 6.61 Å². The largest absolute Gasteiger partial charge is 0.497 e. The molecule has 0 aliphatic heterocycles. The van der Waals surface area contributed by atoms with Crippen LogP contribution in [0, 0.1) is 0 Å². The fourth-order valence-electron chi connectivity index (χ4n) is 2.94. The van der Waals surface area contributed by atoms with Gasteiger partial charge >= 0.3 is 0 Å². The second-order valence-corrected chi connectivity index (χ2v) is 7.84. The standard InChI is InChI=1S/C22H17ClN2O4S/c1-28-15-8-9-17-18(11-15)30-21(20(17)23)22(27)25-24-19(26)12-29-16-7-6-13-4-2-3-5-14(13)10-16/h2-11H,12H2,1H3,(H,24,26)(H,25,27). The third kappa shape index (κ3) is 4.17. The van der Waals surface area contributed by atoms with Crippen molar-refractivity contribution in [3.63, 3.8) is 0 Å². The van der Waals surface area contributed by atoms with E-state index in [1.165, 1.54) is 11.3 Å². The summed E-state index contributed by atoms with van der Waals surface area (Å²) in [6.07, 6.45) is 0. The molecule has 0 spiro atoms. The molecule has 30 heavy (non-hydrogen) atoms. The molecule has 2 amide bonds. The minimum atomic E-state index is -0.501. The summed E-state index contributed by atoms with van der Waals surface area (Å²) in [5.41, 5.74) is 4.71. The van der Waals surface area contributed by atoms with E-state index in [1.807, 2.05) is 36.4 Å². The van der Waals surface area contributed by atoms with Gasteiger partial charge in [-0.25, -0.2) is 0 Å². The molecule has 4 aromatic rings. The van der Waals surface area contributed by atoms with Gasteiger partial charge in [-0.1, -0.05) is 41.9 Å². The number of carbonyl (C=O) groups is 2. The Morgan fingerprint density at radius 1 is 0.967 bits per heavy atom. The lowest BCUT2D eigenvalue weighted by Gasteiger charge is -2.09. The number of hydrogen-bond acceptors (Lipinski definition) is 5. The molecule has 0 saturated heterocycles. The van der Waals surface area contributed by atoms with Gasteiger partial charge in [0.1, 0.15) is 16.4 Å². The van der Waals surface area contributed by atoms with Crippen LogP contribution in [-0.2, 0) is 4.79 Å². The van der Waals surface area contributed by atoms with E-state index in [0.717, 1.165) is 20.9 Å². The molecular weight excluding hydrogens is 424 g/mol.